The lowest BCUT2D eigenvalue weighted by Crippen LogP contribution is -2.49. The molecule has 0 radical (unpaired) electrons. The molecule has 0 unspecified atom stereocenters. The van der Waals surface area contributed by atoms with Gasteiger partial charge in [0.2, 0.25) is 5.91 Å². The van der Waals surface area contributed by atoms with Crippen LogP contribution in [0.2, 0.25) is 5.02 Å². The van der Waals surface area contributed by atoms with Gasteiger partial charge in [-0.2, -0.15) is 0 Å². The van der Waals surface area contributed by atoms with Gasteiger partial charge in [0.25, 0.3) is 5.91 Å². The zero-order chi connectivity index (χ0) is 21.4. The Labute approximate surface area is 185 Å². The fourth-order valence-electron chi connectivity index (χ4n) is 2.63. The molecule has 0 aliphatic carbocycles. The summed E-state index contributed by atoms with van der Waals surface area (Å²) in [5, 5.41) is 3.49. The highest BCUT2D eigenvalue weighted by molar-refractivity contribution is 9.10. The summed E-state index contributed by atoms with van der Waals surface area (Å²) < 4.78 is 6.52. The quantitative estimate of drug-likeness (QED) is 0.566. The molecule has 0 saturated carbocycles. The van der Waals surface area contributed by atoms with Crippen LogP contribution in [0.5, 0.6) is 5.75 Å². The fraction of sp³-hybridized carbons (Fsp3) is 0.364. The topological polar surface area (TPSA) is 58.6 Å². The fourth-order valence-corrected chi connectivity index (χ4v) is 3.20. The lowest BCUT2D eigenvalue weighted by Gasteiger charge is -2.29. The van der Waals surface area contributed by atoms with Crippen LogP contribution in [0.15, 0.2) is 53.0 Å². The number of carbonyl (C=O) groups is 2. The average molecular weight is 482 g/mol. The average Bonchev–Trinajstić information content (AvgIpc) is 2.69. The molecule has 0 saturated heterocycles. The minimum Gasteiger partial charge on any atom is -0.484 e. The van der Waals surface area contributed by atoms with Crippen molar-refractivity contribution in [3.8, 4) is 5.75 Å². The molecule has 0 spiro atoms. The lowest BCUT2D eigenvalue weighted by molar-refractivity contribution is -0.142. The van der Waals surface area contributed by atoms with Gasteiger partial charge in [-0.05, 0) is 54.8 Å². The van der Waals surface area contributed by atoms with Crippen LogP contribution in [0.4, 0.5) is 0 Å². The number of amides is 2. The molecular weight excluding hydrogens is 456 g/mol. The maximum Gasteiger partial charge on any atom is 0.261 e. The maximum atomic E-state index is 12.9. The highest BCUT2D eigenvalue weighted by Crippen LogP contribution is 2.18. The number of rotatable bonds is 9. The second-order valence-corrected chi connectivity index (χ2v) is 8.56. The van der Waals surface area contributed by atoms with Gasteiger partial charge >= 0.3 is 0 Å². The lowest BCUT2D eigenvalue weighted by atomic mass is 10.1. The SMILES string of the molecule is CC(C)CNC(=O)[C@@H](C)N(Cc1cccc(Br)c1)C(=O)COc1ccc(Cl)cc1. The van der Waals surface area contributed by atoms with Crippen LogP contribution in [0, 0.1) is 5.92 Å². The zero-order valence-electron chi connectivity index (χ0n) is 16.8. The molecule has 2 amide bonds. The molecule has 2 aromatic rings. The van der Waals surface area contributed by atoms with Crippen molar-refractivity contribution in [2.24, 2.45) is 5.92 Å². The molecule has 5 nitrogen and oxygen atoms in total. The van der Waals surface area contributed by atoms with Gasteiger partial charge in [-0.15, -0.1) is 0 Å². The number of hydrogen-bond acceptors (Lipinski definition) is 3. The van der Waals surface area contributed by atoms with Crippen molar-refractivity contribution in [2.45, 2.75) is 33.4 Å². The molecule has 2 aromatic carbocycles. The molecule has 1 atom stereocenters. The summed E-state index contributed by atoms with van der Waals surface area (Å²) in [7, 11) is 0. The number of ether oxygens (including phenoxy) is 1. The van der Waals surface area contributed by atoms with Gasteiger partial charge in [-0.25, -0.2) is 0 Å². The van der Waals surface area contributed by atoms with Crippen LogP contribution in [0.1, 0.15) is 26.3 Å². The molecule has 29 heavy (non-hydrogen) atoms. The van der Waals surface area contributed by atoms with Crippen LogP contribution in [-0.4, -0.2) is 35.9 Å². The molecule has 0 aromatic heterocycles. The Balaban J connectivity index is 2.12. The first-order chi connectivity index (χ1) is 13.8. The van der Waals surface area contributed by atoms with Crippen LogP contribution in [0.3, 0.4) is 0 Å². The number of halogens is 2. The number of nitrogens with zero attached hydrogens (tertiary/aromatic N) is 1. The van der Waals surface area contributed by atoms with E-state index in [-0.39, 0.29) is 18.4 Å². The number of hydrogen-bond donors (Lipinski definition) is 1. The highest BCUT2D eigenvalue weighted by Gasteiger charge is 2.26. The van der Waals surface area contributed by atoms with Crippen molar-refractivity contribution < 1.29 is 14.3 Å². The van der Waals surface area contributed by atoms with Gasteiger partial charge in [0, 0.05) is 22.6 Å². The Bertz CT molecular complexity index is 827. The monoisotopic (exact) mass is 480 g/mol. The van der Waals surface area contributed by atoms with Gasteiger partial charge < -0.3 is 15.0 Å². The Morgan fingerprint density at radius 2 is 1.83 bits per heavy atom. The molecule has 0 bridgehead atoms. The van der Waals surface area contributed by atoms with E-state index in [1.807, 2.05) is 38.1 Å². The molecule has 156 valence electrons. The smallest absolute Gasteiger partial charge is 0.261 e. The Kier molecular flexibility index (Phi) is 8.99. The van der Waals surface area contributed by atoms with Gasteiger partial charge in [0.1, 0.15) is 11.8 Å². The van der Waals surface area contributed by atoms with E-state index in [1.165, 1.54) is 4.90 Å². The predicted molar refractivity (Wildman–Crippen MR) is 119 cm³/mol. The summed E-state index contributed by atoms with van der Waals surface area (Å²) in [6, 6.07) is 13.8. The number of carbonyl (C=O) groups excluding carboxylic acids is 2. The van der Waals surface area contributed by atoms with Crippen LogP contribution < -0.4 is 10.1 Å². The Morgan fingerprint density at radius 3 is 2.45 bits per heavy atom. The van der Waals surface area contributed by atoms with Crippen molar-refractivity contribution in [3.05, 3.63) is 63.6 Å². The third-order valence-corrected chi connectivity index (χ3v) is 5.01. The minimum absolute atomic E-state index is 0.169. The summed E-state index contributed by atoms with van der Waals surface area (Å²) >= 11 is 9.32. The molecule has 0 aliphatic heterocycles. The Hall–Kier alpha value is -2.05. The first-order valence-electron chi connectivity index (χ1n) is 9.46. The van der Waals surface area contributed by atoms with E-state index in [0.29, 0.717) is 29.8 Å². The molecule has 7 heteroatoms. The molecule has 1 N–H and O–H groups in total. The number of benzene rings is 2. The second-order valence-electron chi connectivity index (χ2n) is 7.21. The largest absolute Gasteiger partial charge is 0.484 e. The summed E-state index contributed by atoms with van der Waals surface area (Å²) in [6.45, 7) is 6.47. The van der Waals surface area contributed by atoms with E-state index < -0.39 is 6.04 Å². The highest BCUT2D eigenvalue weighted by atomic mass is 79.9. The number of nitrogens with one attached hydrogen (secondary N) is 1. The third kappa shape index (κ3) is 7.71. The predicted octanol–water partition coefficient (Wildman–Crippen LogP) is 4.67. The van der Waals surface area contributed by atoms with Crippen LogP contribution in [0.25, 0.3) is 0 Å². The zero-order valence-corrected chi connectivity index (χ0v) is 19.2. The second kappa shape index (κ2) is 11.2. The van der Waals surface area contributed by atoms with E-state index in [4.69, 9.17) is 16.3 Å². The van der Waals surface area contributed by atoms with Crippen molar-refractivity contribution in [2.75, 3.05) is 13.2 Å². The molecule has 2 rings (SSSR count). The van der Waals surface area contributed by atoms with Gasteiger partial charge in [0.15, 0.2) is 6.61 Å². The Morgan fingerprint density at radius 1 is 1.14 bits per heavy atom. The van der Waals surface area contributed by atoms with E-state index >= 15 is 0 Å². The van der Waals surface area contributed by atoms with E-state index in [9.17, 15) is 9.59 Å². The van der Waals surface area contributed by atoms with Gasteiger partial charge in [-0.3, -0.25) is 9.59 Å². The normalized spacial score (nSPS) is 11.8. The van der Waals surface area contributed by atoms with E-state index in [2.05, 4.69) is 21.2 Å². The van der Waals surface area contributed by atoms with E-state index in [0.717, 1.165) is 10.0 Å². The van der Waals surface area contributed by atoms with Crippen molar-refractivity contribution in [1.29, 1.82) is 0 Å². The van der Waals surface area contributed by atoms with Gasteiger partial charge in [-0.1, -0.05) is 53.5 Å². The van der Waals surface area contributed by atoms with Gasteiger partial charge in [0.05, 0.1) is 0 Å². The summed E-state index contributed by atoms with van der Waals surface area (Å²) in [5.41, 5.74) is 0.919. The first kappa shape index (κ1) is 23.2. The van der Waals surface area contributed by atoms with Crippen molar-refractivity contribution in [3.63, 3.8) is 0 Å². The van der Waals surface area contributed by atoms with Crippen LogP contribution >= 0.6 is 27.5 Å². The van der Waals surface area contributed by atoms with Crippen LogP contribution in [-0.2, 0) is 16.1 Å². The maximum absolute atomic E-state index is 12.9. The van der Waals surface area contributed by atoms with Crippen molar-refractivity contribution >= 4 is 39.3 Å². The standard InChI is InChI=1S/C22H26BrClN2O3/c1-15(2)12-25-22(28)16(3)26(13-17-5-4-6-18(23)11-17)21(27)14-29-20-9-7-19(24)8-10-20/h4-11,15-16H,12-14H2,1-3H3,(H,25,28)/t16-/m1/s1. The first-order valence-corrected chi connectivity index (χ1v) is 10.6. The third-order valence-electron chi connectivity index (χ3n) is 4.27. The molecule has 0 heterocycles. The van der Waals surface area contributed by atoms with Crippen molar-refractivity contribution in [1.82, 2.24) is 10.2 Å². The summed E-state index contributed by atoms with van der Waals surface area (Å²) in [6.07, 6.45) is 0. The molecule has 0 aliphatic rings. The summed E-state index contributed by atoms with van der Waals surface area (Å²) in [4.78, 5) is 27.1. The minimum atomic E-state index is -0.631. The molecule has 0 fully saturated rings. The summed E-state index contributed by atoms with van der Waals surface area (Å²) in [5.74, 6) is 0.413. The molecular formula is C22H26BrClN2O3. The van der Waals surface area contributed by atoms with E-state index in [1.54, 1.807) is 31.2 Å².